The molecule has 18 heavy (non-hydrogen) atoms. The molecule has 1 aromatic heterocycles. The zero-order valence-electron chi connectivity index (χ0n) is 11.2. The molecule has 2 amide bonds. The van der Waals surface area contributed by atoms with Crippen molar-refractivity contribution in [2.75, 3.05) is 19.6 Å². The third-order valence-corrected chi connectivity index (χ3v) is 3.39. The number of amides is 2. The molecule has 0 bridgehead atoms. The van der Waals surface area contributed by atoms with Crippen LogP contribution in [0.4, 0.5) is 4.79 Å². The van der Waals surface area contributed by atoms with Crippen LogP contribution < -0.4 is 5.32 Å². The van der Waals surface area contributed by atoms with Crippen molar-refractivity contribution in [1.29, 1.82) is 0 Å². The first-order chi connectivity index (χ1) is 8.65. The quantitative estimate of drug-likeness (QED) is 0.881. The predicted octanol–water partition coefficient (Wildman–Crippen LogP) is 1.40. The molecule has 1 aliphatic heterocycles. The van der Waals surface area contributed by atoms with E-state index in [9.17, 15) is 4.79 Å². The lowest BCUT2D eigenvalue weighted by atomic mass is 10.0. The van der Waals surface area contributed by atoms with Crippen LogP contribution in [0.1, 0.15) is 25.3 Å². The largest absolute Gasteiger partial charge is 0.338 e. The van der Waals surface area contributed by atoms with E-state index in [0.29, 0.717) is 12.5 Å². The van der Waals surface area contributed by atoms with Crippen molar-refractivity contribution >= 4 is 6.03 Å². The number of carbonyl (C=O) groups is 1. The van der Waals surface area contributed by atoms with Crippen LogP contribution in [0, 0.1) is 5.92 Å². The first-order valence-electron chi connectivity index (χ1n) is 6.65. The van der Waals surface area contributed by atoms with E-state index in [1.807, 2.05) is 24.3 Å². The van der Waals surface area contributed by atoms with Gasteiger partial charge in [0.1, 0.15) is 0 Å². The van der Waals surface area contributed by atoms with Crippen molar-refractivity contribution in [3.8, 4) is 0 Å². The van der Waals surface area contributed by atoms with Gasteiger partial charge in [0.05, 0.1) is 6.20 Å². The number of aromatic nitrogens is 2. The van der Waals surface area contributed by atoms with Gasteiger partial charge in [-0.3, -0.25) is 4.68 Å². The fraction of sp³-hybridized carbons (Fsp3) is 0.692. The van der Waals surface area contributed by atoms with Crippen LogP contribution in [-0.4, -0.2) is 40.3 Å². The summed E-state index contributed by atoms with van der Waals surface area (Å²) in [6.07, 6.45) is 7.02. The number of hydrogen-bond acceptors (Lipinski definition) is 2. The summed E-state index contributed by atoms with van der Waals surface area (Å²) in [4.78, 5) is 13.9. The Morgan fingerprint density at radius 1 is 1.61 bits per heavy atom. The van der Waals surface area contributed by atoms with Crippen molar-refractivity contribution in [1.82, 2.24) is 20.0 Å². The number of carbonyl (C=O) groups excluding carboxylic acids is 1. The Hall–Kier alpha value is -1.52. The van der Waals surface area contributed by atoms with Gasteiger partial charge < -0.3 is 10.2 Å². The number of nitrogens with zero attached hydrogens (tertiary/aromatic N) is 3. The van der Waals surface area contributed by atoms with E-state index in [2.05, 4.69) is 17.3 Å². The van der Waals surface area contributed by atoms with E-state index in [1.54, 1.807) is 4.68 Å². The molecule has 2 rings (SSSR count). The summed E-state index contributed by atoms with van der Waals surface area (Å²) in [6.45, 7) is 4.66. The molecule has 0 radical (unpaired) electrons. The summed E-state index contributed by atoms with van der Waals surface area (Å²) < 4.78 is 1.78. The highest BCUT2D eigenvalue weighted by atomic mass is 16.2. The van der Waals surface area contributed by atoms with Gasteiger partial charge in [0.2, 0.25) is 0 Å². The standard InChI is InChI=1S/C13H22N4O/c1-11-4-3-7-17(9-11)13(18)14-6-5-12-8-15-16(2)10-12/h8,10-11H,3-7,9H2,1-2H3,(H,14,18). The summed E-state index contributed by atoms with van der Waals surface area (Å²) in [5.74, 6) is 0.628. The highest BCUT2D eigenvalue weighted by molar-refractivity contribution is 5.74. The Morgan fingerprint density at radius 3 is 3.11 bits per heavy atom. The fourth-order valence-corrected chi connectivity index (χ4v) is 2.40. The number of nitrogens with one attached hydrogen (secondary N) is 1. The van der Waals surface area contributed by atoms with E-state index in [0.717, 1.165) is 31.5 Å². The number of urea groups is 1. The lowest BCUT2D eigenvalue weighted by Crippen LogP contribution is -2.45. The van der Waals surface area contributed by atoms with Gasteiger partial charge >= 0.3 is 6.03 Å². The molecule has 1 aliphatic rings. The van der Waals surface area contributed by atoms with Gasteiger partial charge in [0, 0.05) is 32.9 Å². The minimum Gasteiger partial charge on any atom is -0.338 e. The number of likely N-dealkylation sites (tertiary alicyclic amines) is 1. The first kappa shape index (κ1) is 12.9. The lowest BCUT2D eigenvalue weighted by Gasteiger charge is -2.30. The summed E-state index contributed by atoms with van der Waals surface area (Å²) >= 11 is 0. The van der Waals surface area contributed by atoms with E-state index in [1.165, 1.54) is 6.42 Å². The van der Waals surface area contributed by atoms with E-state index in [4.69, 9.17) is 0 Å². The second kappa shape index (κ2) is 5.89. The minimum absolute atomic E-state index is 0.0745. The van der Waals surface area contributed by atoms with Crippen molar-refractivity contribution in [2.24, 2.45) is 13.0 Å². The SMILES string of the molecule is CC1CCCN(C(=O)NCCc2cnn(C)c2)C1. The van der Waals surface area contributed by atoms with E-state index in [-0.39, 0.29) is 6.03 Å². The molecule has 0 spiro atoms. The van der Waals surface area contributed by atoms with Crippen LogP contribution in [0.15, 0.2) is 12.4 Å². The van der Waals surface area contributed by atoms with Gasteiger partial charge in [-0.1, -0.05) is 6.92 Å². The molecule has 0 aliphatic carbocycles. The van der Waals surface area contributed by atoms with Gasteiger partial charge in [-0.2, -0.15) is 5.10 Å². The molecule has 0 aromatic carbocycles. The molecule has 100 valence electrons. The Kier molecular flexibility index (Phi) is 4.23. The van der Waals surface area contributed by atoms with E-state index < -0.39 is 0 Å². The van der Waals surface area contributed by atoms with Crippen LogP contribution in [0.2, 0.25) is 0 Å². The molecule has 5 nitrogen and oxygen atoms in total. The summed E-state index contributed by atoms with van der Waals surface area (Å²) in [5.41, 5.74) is 1.16. The van der Waals surface area contributed by atoms with E-state index >= 15 is 0 Å². The molecule has 1 N–H and O–H groups in total. The summed E-state index contributed by atoms with van der Waals surface area (Å²) in [5, 5.41) is 7.09. The number of hydrogen-bond donors (Lipinski definition) is 1. The fourth-order valence-electron chi connectivity index (χ4n) is 2.40. The smallest absolute Gasteiger partial charge is 0.317 e. The molecule has 1 aromatic rings. The van der Waals surface area contributed by atoms with Crippen LogP contribution in [0.25, 0.3) is 0 Å². The Bertz CT molecular complexity index is 401. The van der Waals surface area contributed by atoms with Crippen molar-refractivity contribution < 1.29 is 4.79 Å². The van der Waals surface area contributed by atoms with Gasteiger partial charge in [-0.25, -0.2) is 4.79 Å². The number of rotatable bonds is 3. The molecule has 1 atom stereocenters. The third-order valence-electron chi connectivity index (χ3n) is 3.39. The highest BCUT2D eigenvalue weighted by Crippen LogP contribution is 2.15. The van der Waals surface area contributed by atoms with Crippen LogP contribution in [-0.2, 0) is 13.5 Å². The molecule has 1 fully saturated rings. The third kappa shape index (κ3) is 3.48. The zero-order chi connectivity index (χ0) is 13.0. The Labute approximate surface area is 108 Å². The monoisotopic (exact) mass is 250 g/mol. The molecule has 1 saturated heterocycles. The second-order valence-electron chi connectivity index (χ2n) is 5.20. The topological polar surface area (TPSA) is 50.2 Å². The first-order valence-corrected chi connectivity index (χ1v) is 6.65. The molecular weight excluding hydrogens is 228 g/mol. The average Bonchev–Trinajstić information content (AvgIpc) is 2.75. The summed E-state index contributed by atoms with van der Waals surface area (Å²) in [7, 11) is 1.90. The van der Waals surface area contributed by atoms with Crippen LogP contribution in [0.5, 0.6) is 0 Å². The van der Waals surface area contributed by atoms with Gasteiger partial charge in [-0.05, 0) is 30.7 Å². The molecular formula is C13H22N4O. The number of aryl methyl sites for hydroxylation is 1. The molecule has 5 heteroatoms. The maximum Gasteiger partial charge on any atom is 0.317 e. The van der Waals surface area contributed by atoms with Gasteiger partial charge in [0.25, 0.3) is 0 Å². The average molecular weight is 250 g/mol. The molecule has 1 unspecified atom stereocenters. The maximum absolute atomic E-state index is 11.9. The normalized spacial score (nSPS) is 19.9. The van der Waals surface area contributed by atoms with Gasteiger partial charge in [0.15, 0.2) is 0 Å². The summed E-state index contributed by atoms with van der Waals surface area (Å²) in [6, 6.07) is 0.0745. The van der Waals surface area contributed by atoms with Crippen molar-refractivity contribution in [3.05, 3.63) is 18.0 Å². The van der Waals surface area contributed by atoms with Crippen molar-refractivity contribution in [2.45, 2.75) is 26.2 Å². The zero-order valence-corrected chi connectivity index (χ0v) is 11.2. The van der Waals surface area contributed by atoms with Crippen molar-refractivity contribution in [3.63, 3.8) is 0 Å². The highest BCUT2D eigenvalue weighted by Gasteiger charge is 2.20. The Morgan fingerprint density at radius 2 is 2.44 bits per heavy atom. The Balaban J connectivity index is 1.71. The molecule has 2 heterocycles. The van der Waals surface area contributed by atoms with Crippen LogP contribution >= 0.6 is 0 Å². The molecule has 0 saturated carbocycles. The maximum atomic E-state index is 11.9. The lowest BCUT2D eigenvalue weighted by molar-refractivity contribution is 0.170. The predicted molar refractivity (Wildman–Crippen MR) is 70.3 cm³/mol. The number of piperidine rings is 1. The minimum atomic E-state index is 0.0745. The van der Waals surface area contributed by atoms with Crippen LogP contribution in [0.3, 0.4) is 0 Å². The van der Waals surface area contributed by atoms with Gasteiger partial charge in [-0.15, -0.1) is 0 Å². The second-order valence-corrected chi connectivity index (χ2v) is 5.20.